The number of anilines is 2. The van der Waals surface area contributed by atoms with Gasteiger partial charge in [0.25, 0.3) is 0 Å². The Hall–Kier alpha value is -1.37. The summed E-state index contributed by atoms with van der Waals surface area (Å²) in [5.41, 5.74) is 9.88. The van der Waals surface area contributed by atoms with E-state index in [4.69, 9.17) is 11.5 Å². The Balaban J connectivity index is 3.00. The van der Waals surface area contributed by atoms with Crippen molar-refractivity contribution >= 4 is 33.5 Å². The lowest BCUT2D eigenvalue weighted by Gasteiger charge is -2.23. The molecule has 0 saturated carbocycles. The summed E-state index contributed by atoms with van der Waals surface area (Å²) in [6.07, 6.45) is 1.31. The van der Waals surface area contributed by atoms with Crippen LogP contribution in [0.2, 0.25) is 0 Å². The van der Waals surface area contributed by atoms with Crippen molar-refractivity contribution in [2.75, 3.05) is 11.1 Å². The zero-order valence-corrected chi connectivity index (χ0v) is 10.00. The van der Waals surface area contributed by atoms with Crippen LogP contribution in [0.3, 0.4) is 0 Å². The SMILES string of the molecule is CC(C)(Nc1ncnc(N)c1Br)C(N)=O. The number of carbonyl (C=O) groups is 1. The van der Waals surface area contributed by atoms with E-state index in [1.807, 2.05) is 0 Å². The number of primary amides is 1. The smallest absolute Gasteiger partial charge is 0.242 e. The van der Waals surface area contributed by atoms with Crippen molar-refractivity contribution in [3.05, 3.63) is 10.8 Å². The van der Waals surface area contributed by atoms with Crippen LogP contribution in [0.15, 0.2) is 10.8 Å². The maximum absolute atomic E-state index is 11.1. The van der Waals surface area contributed by atoms with Gasteiger partial charge in [0.15, 0.2) is 0 Å². The molecule has 0 atom stereocenters. The number of nitrogens with zero attached hydrogens (tertiary/aromatic N) is 2. The minimum Gasteiger partial charge on any atom is -0.383 e. The van der Waals surface area contributed by atoms with Gasteiger partial charge in [0.1, 0.15) is 28.0 Å². The summed E-state index contributed by atoms with van der Waals surface area (Å²) in [5.74, 6) is 0.255. The molecule has 0 aliphatic carbocycles. The molecule has 15 heavy (non-hydrogen) atoms. The normalized spacial score (nSPS) is 11.1. The van der Waals surface area contributed by atoms with Crippen molar-refractivity contribution in [2.24, 2.45) is 5.73 Å². The van der Waals surface area contributed by atoms with Crippen LogP contribution in [0.1, 0.15) is 13.8 Å². The molecule has 0 fully saturated rings. The summed E-state index contributed by atoms with van der Waals surface area (Å²) in [6, 6.07) is 0. The largest absolute Gasteiger partial charge is 0.383 e. The summed E-state index contributed by atoms with van der Waals surface area (Å²) in [4.78, 5) is 18.8. The number of nitrogens with one attached hydrogen (secondary N) is 1. The predicted molar refractivity (Wildman–Crippen MR) is 61.0 cm³/mol. The Labute approximate surface area is 95.6 Å². The number of hydrogen-bond donors (Lipinski definition) is 3. The fourth-order valence-electron chi connectivity index (χ4n) is 0.828. The monoisotopic (exact) mass is 273 g/mol. The number of hydrogen-bond acceptors (Lipinski definition) is 5. The summed E-state index contributed by atoms with van der Waals surface area (Å²) < 4.78 is 0.513. The van der Waals surface area contributed by atoms with Gasteiger partial charge in [-0.3, -0.25) is 4.79 Å². The molecule has 0 bridgehead atoms. The summed E-state index contributed by atoms with van der Waals surface area (Å²) in [6.45, 7) is 3.31. The second-order valence-corrected chi connectivity index (χ2v) is 4.33. The third-order valence-electron chi connectivity index (χ3n) is 1.86. The second-order valence-electron chi connectivity index (χ2n) is 3.54. The maximum atomic E-state index is 11.1. The van der Waals surface area contributed by atoms with Crippen LogP contribution in [0.4, 0.5) is 11.6 Å². The van der Waals surface area contributed by atoms with E-state index in [0.29, 0.717) is 16.1 Å². The molecule has 5 N–H and O–H groups in total. The molecule has 7 heteroatoms. The molecule has 6 nitrogen and oxygen atoms in total. The first-order chi connectivity index (χ1) is 6.84. The molecule has 0 spiro atoms. The highest BCUT2D eigenvalue weighted by Crippen LogP contribution is 2.26. The predicted octanol–water partition coefficient (Wildman–Crippen LogP) is 0.497. The number of halogens is 1. The van der Waals surface area contributed by atoms with E-state index < -0.39 is 11.4 Å². The Kier molecular flexibility index (Phi) is 3.13. The van der Waals surface area contributed by atoms with Crippen molar-refractivity contribution in [2.45, 2.75) is 19.4 Å². The minimum atomic E-state index is -0.899. The van der Waals surface area contributed by atoms with Crippen molar-refractivity contribution in [1.29, 1.82) is 0 Å². The fourth-order valence-corrected chi connectivity index (χ4v) is 1.13. The maximum Gasteiger partial charge on any atom is 0.242 e. The van der Waals surface area contributed by atoms with Gasteiger partial charge in [0.05, 0.1) is 0 Å². The molecule has 82 valence electrons. The van der Waals surface area contributed by atoms with Gasteiger partial charge in [0, 0.05) is 0 Å². The van der Waals surface area contributed by atoms with Crippen molar-refractivity contribution in [1.82, 2.24) is 9.97 Å². The topological polar surface area (TPSA) is 107 Å². The minimum absolute atomic E-state index is 0.299. The lowest BCUT2D eigenvalue weighted by molar-refractivity contribution is -0.121. The van der Waals surface area contributed by atoms with Crippen LogP contribution >= 0.6 is 15.9 Å². The summed E-state index contributed by atoms with van der Waals surface area (Å²) >= 11 is 3.22. The van der Waals surface area contributed by atoms with Gasteiger partial charge in [-0.1, -0.05) is 0 Å². The number of rotatable bonds is 3. The number of amides is 1. The summed E-state index contributed by atoms with van der Waals surface area (Å²) in [7, 11) is 0. The first kappa shape index (κ1) is 11.7. The number of aromatic nitrogens is 2. The average molecular weight is 274 g/mol. The number of nitrogen functional groups attached to an aromatic ring is 1. The van der Waals surface area contributed by atoms with Gasteiger partial charge in [0.2, 0.25) is 5.91 Å². The van der Waals surface area contributed by atoms with Crippen molar-refractivity contribution < 1.29 is 4.79 Å². The Morgan fingerprint density at radius 1 is 1.53 bits per heavy atom. The lowest BCUT2D eigenvalue weighted by atomic mass is 10.1. The van der Waals surface area contributed by atoms with E-state index in [1.54, 1.807) is 13.8 Å². The molecule has 0 aliphatic heterocycles. The van der Waals surface area contributed by atoms with Gasteiger partial charge in [-0.25, -0.2) is 9.97 Å². The Bertz CT molecular complexity index is 393. The van der Waals surface area contributed by atoms with Crippen molar-refractivity contribution in [3.8, 4) is 0 Å². The quantitative estimate of drug-likeness (QED) is 0.743. The molecule has 1 heterocycles. The van der Waals surface area contributed by atoms with Gasteiger partial charge in [-0.15, -0.1) is 0 Å². The van der Waals surface area contributed by atoms with E-state index in [2.05, 4.69) is 31.2 Å². The molecule has 0 aliphatic rings. The zero-order valence-electron chi connectivity index (χ0n) is 8.41. The highest BCUT2D eigenvalue weighted by atomic mass is 79.9. The molecular weight excluding hydrogens is 262 g/mol. The van der Waals surface area contributed by atoms with Crippen LogP contribution in [0, 0.1) is 0 Å². The third kappa shape index (κ3) is 2.56. The van der Waals surface area contributed by atoms with Crippen LogP contribution < -0.4 is 16.8 Å². The first-order valence-corrected chi connectivity index (χ1v) is 4.98. The molecule has 1 amide bonds. The van der Waals surface area contributed by atoms with E-state index in [0.717, 1.165) is 0 Å². The van der Waals surface area contributed by atoms with Crippen LogP contribution in [0.25, 0.3) is 0 Å². The highest BCUT2D eigenvalue weighted by Gasteiger charge is 2.26. The third-order valence-corrected chi connectivity index (χ3v) is 2.65. The van der Waals surface area contributed by atoms with Gasteiger partial charge in [-0.2, -0.15) is 0 Å². The van der Waals surface area contributed by atoms with Crippen LogP contribution in [0.5, 0.6) is 0 Å². The average Bonchev–Trinajstić information content (AvgIpc) is 2.12. The van der Waals surface area contributed by atoms with E-state index in [1.165, 1.54) is 6.33 Å². The summed E-state index contributed by atoms with van der Waals surface area (Å²) in [5, 5.41) is 2.87. The molecule has 1 aromatic heterocycles. The van der Waals surface area contributed by atoms with E-state index in [-0.39, 0.29) is 0 Å². The van der Waals surface area contributed by atoms with Crippen LogP contribution in [-0.2, 0) is 4.79 Å². The Morgan fingerprint density at radius 2 is 2.13 bits per heavy atom. The van der Waals surface area contributed by atoms with Gasteiger partial charge < -0.3 is 16.8 Å². The number of carbonyl (C=O) groups excluding carboxylic acids is 1. The van der Waals surface area contributed by atoms with E-state index in [9.17, 15) is 4.79 Å². The second kappa shape index (κ2) is 4.01. The molecule has 0 unspecified atom stereocenters. The first-order valence-electron chi connectivity index (χ1n) is 4.18. The van der Waals surface area contributed by atoms with Crippen molar-refractivity contribution in [3.63, 3.8) is 0 Å². The fraction of sp³-hybridized carbons (Fsp3) is 0.375. The zero-order chi connectivity index (χ0) is 11.6. The molecule has 0 saturated heterocycles. The highest BCUT2D eigenvalue weighted by molar-refractivity contribution is 9.10. The molecule has 1 aromatic rings. The number of nitrogens with two attached hydrogens (primary N) is 2. The molecule has 1 rings (SSSR count). The Morgan fingerprint density at radius 3 is 2.67 bits per heavy atom. The molecule has 0 radical (unpaired) electrons. The standard InChI is InChI=1S/C8H12BrN5O/c1-8(2,7(11)15)14-6-4(9)5(10)12-3-13-6/h3H,1-2H3,(H2,11,15)(H3,10,12,13,14). The molecular formula is C8H12BrN5O. The van der Waals surface area contributed by atoms with Crippen LogP contribution in [-0.4, -0.2) is 21.4 Å². The lowest BCUT2D eigenvalue weighted by Crippen LogP contribution is -2.45. The van der Waals surface area contributed by atoms with Gasteiger partial charge in [-0.05, 0) is 29.8 Å². The van der Waals surface area contributed by atoms with E-state index >= 15 is 0 Å². The molecule has 0 aromatic carbocycles. The van der Waals surface area contributed by atoms with Gasteiger partial charge >= 0.3 is 0 Å².